The van der Waals surface area contributed by atoms with Gasteiger partial charge in [0.05, 0.1) is 18.4 Å². The van der Waals surface area contributed by atoms with E-state index in [1.165, 1.54) is 35.5 Å². The molecule has 3 heterocycles. The number of phenolic OH excluding ortho intramolecular Hbond substituents is 1. The fourth-order valence-electron chi connectivity index (χ4n) is 7.56. The van der Waals surface area contributed by atoms with Crippen LogP contribution in [0, 0.1) is 5.92 Å². The number of aliphatic hydroxyl groups is 1. The molecule has 4 aliphatic rings. The standard InChI is InChI=1S/C30H31NO7S2/c32-20-5-6-30(37)22-9-17-3-4-21(26(36)25(17)29(30,12-20)7-8-31(22)13-16-1-2-16)38-24(35)11-19-15-40-27-18(10-23(33)34)14-39-28(19)27/h3-4,14-16,22,36-37H,1-2,5-13H2,(H,33,34). The number of carbonyl (C=O) groups is 3. The molecule has 3 atom stereocenters. The van der Waals surface area contributed by atoms with E-state index in [4.69, 9.17) is 9.84 Å². The Labute approximate surface area is 239 Å². The van der Waals surface area contributed by atoms with E-state index in [0.717, 1.165) is 39.2 Å². The summed E-state index contributed by atoms with van der Waals surface area (Å²) in [6.45, 7) is 1.73. The number of nitrogens with zero attached hydrogens (tertiary/aromatic N) is 1. The lowest BCUT2D eigenvalue weighted by Crippen LogP contribution is -2.73. The van der Waals surface area contributed by atoms with E-state index in [0.29, 0.717) is 37.2 Å². The van der Waals surface area contributed by atoms with E-state index in [2.05, 4.69) is 4.90 Å². The SMILES string of the molecule is O=C(O)Cc1csc2c(CC(=O)Oc3ccc4c(c3O)C35CCN(CC6CC6)C(C4)C3(O)CCC(=O)C5)csc12. The van der Waals surface area contributed by atoms with Crippen LogP contribution in [0.3, 0.4) is 0 Å². The predicted molar refractivity (Wildman–Crippen MR) is 150 cm³/mol. The Morgan fingerprint density at radius 2 is 1.80 bits per heavy atom. The van der Waals surface area contributed by atoms with Crippen molar-refractivity contribution in [2.24, 2.45) is 5.92 Å². The fraction of sp³-hybridized carbons (Fsp3) is 0.500. The van der Waals surface area contributed by atoms with Crippen LogP contribution < -0.4 is 4.74 Å². The van der Waals surface area contributed by atoms with Gasteiger partial charge in [-0.05, 0) is 78.1 Å². The van der Waals surface area contributed by atoms with Crippen LogP contribution in [0.5, 0.6) is 11.5 Å². The number of benzene rings is 1. The number of thiophene rings is 2. The van der Waals surface area contributed by atoms with Crippen molar-refractivity contribution < 1.29 is 34.4 Å². The maximum absolute atomic E-state index is 13.1. The van der Waals surface area contributed by atoms with Gasteiger partial charge in [-0.15, -0.1) is 22.7 Å². The number of carboxylic acid groups (broad SMARTS) is 1. The second-order valence-corrected chi connectivity index (χ2v) is 13.7. The molecule has 40 heavy (non-hydrogen) atoms. The number of Topliss-reactive ketones (excluding diaryl/α,β-unsaturated/α-hetero) is 1. The Bertz CT molecular complexity index is 1550. The van der Waals surface area contributed by atoms with Crippen LogP contribution in [-0.2, 0) is 39.1 Å². The minimum atomic E-state index is -1.13. The van der Waals surface area contributed by atoms with E-state index in [9.17, 15) is 24.6 Å². The molecule has 2 bridgehead atoms. The molecule has 2 aromatic heterocycles. The van der Waals surface area contributed by atoms with Gasteiger partial charge >= 0.3 is 11.9 Å². The molecule has 0 spiro atoms. The van der Waals surface area contributed by atoms with Crippen molar-refractivity contribution in [1.29, 1.82) is 0 Å². The first kappa shape index (κ1) is 26.1. The molecule has 7 rings (SSSR count). The average molecular weight is 582 g/mol. The third-order valence-electron chi connectivity index (χ3n) is 9.57. The van der Waals surface area contributed by atoms with Crippen molar-refractivity contribution in [1.82, 2.24) is 4.90 Å². The number of ether oxygens (including phenoxy) is 1. The summed E-state index contributed by atoms with van der Waals surface area (Å²) in [6, 6.07) is 3.40. The van der Waals surface area contributed by atoms with E-state index in [1.807, 2.05) is 16.8 Å². The first-order valence-electron chi connectivity index (χ1n) is 13.9. The summed E-state index contributed by atoms with van der Waals surface area (Å²) in [5.74, 6) is -0.773. The van der Waals surface area contributed by atoms with E-state index < -0.39 is 23.0 Å². The largest absolute Gasteiger partial charge is 0.504 e. The van der Waals surface area contributed by atoms with Crippen molar-refractivity contribution in [3.05, 3.63) is 45.1 Å². The highest BCUT2D eigenvalue weighted by molar-refractivity contribution is 7.26. The first-order chi connectivity index (χ1) is 19.2. The smallest absolute Gasteiger partial charge is 0.315 e. The lowest BCUT2D eigenvalue weighted by atomic mass is 9.49. The number of rotatable bonds is 7. The number of fused-ring (bicyclic) bond motifs is 2. The molecule has 0 amide bonds. The zero-order chi connectivity index (χ0) is 27.8. The number of likely N-dealkylation sites (tertiary alicyclic amines) is 1. The van der Waals surface area contributed by atoms with Gasteiger partial charge in [0.1, 0.15) is 5.78 Å². The maximum atomic E-state index is 13.1. The van der Waals surface area contributed by atoms with Crippen LogP contribution in [-0.4, -0.2) is 62.7 Å². The summed E-state index contributed by atoms with van der Waals surface area (Å²) in [5.41, 5.74) is 0.956. The minimum Gasteiger partial charge on any atom is -0.504 e. The molecular formula is C30H31NO7S2. The Kier molecular flexibility index (Phi) is 6.12. The first-order valence-corrected chi connectivity index (χ1v) is 15.7. The van der Waals surface area contributed by atoms with Gasteiger partial charge in [0.15, 0.2) is 11.5 Å². The van der Waals surface area contributed by atoms with E-state index >= 15 is 0 Å². The van der Waals surface area contributed by atoms with Gasteiger partial charge in [-0.1, -0.05) is 6.07 Å². The topological polar surface area (TPSA) is 124 Å². The third-order valence-corrected chi connectivity index (χ3v) is 11.9. The normalized spacial score (nSPS) is 27.8. The molecule has 3 unspecified atom stereocenters. The molecule has 3 N–H and O–H groups in total. The Hall–Kier alpha value is -2.79. The van der Waals surface area contributed by atoms with Gasteiger partial charge in [0.25, 0.3) is 0 Å². The molecule has 210 valence electrons. The molecule has 8 nitrogen and oxygen atoms in total. The lowest BCUT2D eigenvalue weighted by Gasteiger charge is -2.63. The van der Waals surface area contributed by atoms with Crippen LogP contribution in [0.2, 0.25) is 0 Å². The van der Waals surface area contributed by atoms with Gasteiger partial charge < -0.3 is 20.1 Å². The van der Waals surface area contributed by atoms with Crippen molar-refractivity contribution in [2.75, 3.05) is 13.1 Å². The van der Waals surface area contributed by atoms with Crippen LogP contribution in [0.15, 0.2) is 22.9 Å². The quantitative estimate of drug-likeness (QED) is 0.280. The highest BCUT2D eigenvalue weighted by atomic mass is 32.1. The van der Waals surface area contributed by atoms with Crippen LogP contribution >= 0.6 is 22.7 Å². The number of aliphatic carboxylic acids is 1. The van der Waals surface area contributed by atoms with Crippen molar-refractivity contribution in [3.8, 4) is 11.5 Å². The number of esters is 1. The highest BCUT2D eigenvalue weighted by Gasteiger charge is 2.65. The number of hydrogen-bond acceptors (Lipinski definition) is 9. The second-order valence-electron chi connectivity index (χ2n) is 12.0. The number of carboxylic acids is 1. The molecule has 1 saturated heterocycles. The van der Waals surface area contributed by atoms with Crippen molar-refractivity contribution in [3.63, 3.8) is 0 Å². The van der Waals surface area contributed by atoms with E-state index in [1.54, 1.807) is 6.07 Å². The summed E-state index contributed by atoms with van der Waals surface area (Å²) in [5, 5.41) is 36.7. The molecule has 1 aliphatic heterocycles. The number of carbonyl (C=O) groups excluding carboxylic acids is 2. The summed E-state index contributed by atoms with van der Waals surface area (Å²) in [6.07, 6.45) is 4.41. The Morgan fingerprint density at radius 1 is 1.07 bits per heavy atom. The number of piperidine rings is 1. The lowest BCUT2D eigenvalue weighted by molar-refractivity contribution is -0.173. The van der Waals surface area contributed by atoms with Crippen molar-refractivity contribution in [2.45, 2.75) is 74.8 Å². The minimum absolute atomic E-state index is 0.0185. The van der Waals surface area contributed by atoms with Gasteiger partial charge in [-0.2, -0.15) is 0 Å². The summed E-state index contributed by atoms with van der Waals surface area (Å²) in [7, 11) is 0. The predicted octanol–water partition coefficient (Wildman–Crippen LogP) is 4.21. The molecule has 3 aromatic rings. The second kappa shape index (κ2) is 9.37. The average Bonchev–Trinajstić information content (AvgIpc) is 3.50. The van der Waals surface area contributed by atoms with E-state index in [-0.39, 0.29) is 42.6 Å². The number of aromatic hydroxyl groups is 1. The van der Waals surface area contributed by atoms with Gasteiger partial charge in [-0.3, -0.25) is 19.3 Å². The van der Waals surface area contributed by atoms with Gasteiger partial charge in [0, 0.05) is 45.8 Å². The molecule has 3 fully saturated rings. The Balaban J connectivity index is 1.19. The molecular weight excluding hydrogens is 550 g/mol. The maximum Gasteiger partial charge on any atom is 0.315 e. The van der Waals surface area contributed by atoms with Gasteiger partial charge in [0.2, 0.25) is 0 Å². The van der Waals surface area contributed by atoms with Crippen molar-refractivity contribution >= 4 is 49.8 Å². The zero-order valence-electron chi connectivity index (χ0n) is 22.0. The van der Waals surface area contributed by atoms with Gasteiger partial charge in [-0.25, -0.2) is 0 Å². The number of ketones is 1. The summed E-state index contributed by atoms with van der Waals surface area (Å²) >= 11 is 2.83. The molecule has 1 aromatic carbocycles. The molecule has 10 heteroatoms. The monoisotopic (exact) mass is 581 g/mol. The summed E-state index contributed by atoms with van der Waals surface area (Å²) < 4.78 is 7.46. The molecule has 2 saturated carbocycles. The van der Waals surface area contributed by atoms with Crippen LogP contribution in [0.1, 0.15) is 60.8 Å². The fourth-order valence-corrected chi connectivity index (χ4v) is 9.96. The highest BCUT2D eigenvalue weighted by Crippen LogP contribution is 2.60. The third kappa shape index (κ3) is 4.02. The molecule has 0 radical (unpaired) electrons. The van der Waals surface area contributed by atoms with Crippen LogP contribution in [0.4, 0.5) is 0 Å². The zero-order valence-corrected chi connectivity index (χ0v) is 23.6. The summed E-state index contributed by atoms with van der Waals surface area (Å²) in [4.78, 5) is 39.5. The Morgan fingerprint density at radius 3 is 2.50 bits per heavy atom. The molecule has 3 aliphatic carbocycles. The number of hydrogen-bond donors (Lipinski definition) is 3. The number of phenols is 1. The van der Waals surface area contributed by atoms with Crippen LogP contribution in [0.25, 0.3) is 9.40 Å².